The van der Waals surface area contributed by atoms with Crippen LogP contribution in [0.25, 0.3) is 0 Å². The third kappa shape index (κ3) is 10.6. The van der Waals surface area contributed by atoms with Gasteiger partial charge in [-0.25, -0.2) is 0 Å². The maximum atomic E-state index is 10.4. The molecule has 1 aliphatic rings. The number of carbonyl (C=O) groups is 1. The first kappa shape index (κ1) is 24.3. The Morgan fingerprint density at radius 2 is 1.82 bits per heavy atom. The Labute approximate surface area is 167 Å². The Balaban J connectivity index is 2.31. The Morgan fingerprint density at radius 1 is 1.11 bits per heavy atom. The summed E-state index contributed by atoms with van der Waals surface area (Å²) in [6.45, 7) is 2.03. The summed E-state index contributed by atoms with van der Waals surface area (Å²) in [5, 5.41) is 38.8. The number of aliphatic carboxylic acids is 1. The van der Waals surface area contributed by atoms with Crippen LogP contribution in [0.15, 0.2) is 48.6 Å². The lowest BCUT2D eigenvalue weighted by Gasteiger charge is -2.16. The number of hydrogen-bond acceptors (Lipinski definition) is 5. The fraction of sp³-hybridized carbons (Fsp3) is 0.591. The number of allylic oxidation sites excluding steroid dienone is 4. The Bertz CT molecular complexity index is 551. The van der Waals surface area contributed by atoms with E-state index in [1.807, 2.05) is 43.4 Å². The molecule has 0 aromatic heterocycles. The van der Waals surface area contributed by atoms with E-state index in [4.69, 9.17) is 9.84 Å². The fourth-order valence-corrected chi connectivity index (χ4v) is 2.84. The van der Waals surface area contributed by atoms with Gasteiger partial charge in [0.2, 0.25) is 0 Å². The van der Waals surface area contributed by atoms with Crippen molar-refractivity contribution >= 4 is 5.97 Å². The quantitative estimate of drug-likeness (QED) is 0.358. The van der Waals surface area contributed by atoms with Crippen molar-refractivity contribution in [3.8, 4) is 0 Å². The molecule has 5 atom stereocenters. The zero-order valence-electron chi connectivity index (χ0n) is 16.6. The number of carboxylic acid groups (broad SMARTS) is 1. The molecule has 0 aromatic carbocycles. The van der Waals surface area contributed by atoms with E-state index in [0.29, 0.717) is 32.1 Å². The van der Waals surface area contributed by atoms with Gasteiger partial charge in [-0.3, -0.25) is 4.79 Å². The molecule has 6 nitrogen and oxygen atoms in total. The third-order valence-corrected chi connectivity index (χ3v) is 4.42. The van der Waals surface area contributed by atoms with Crippen molar-refractivity contribution in [1.29, 1.82) is 0 Å². The molecule has 0 aliphatic carbocycles. The molecule has 0 saturated carbocycles. The van der Waals surface area contributed by atoms with Crippen LogP contribution < -0.4 is 0 Å². The van der Waals surface area contributed by atoms with Gasteiger partial charge in [0.25, 0.3) is 0 Å². The topological polar surface area (TPSA) is 107 Å². The van der Waals surface area contributed by atoms with Crippen molar-refractivity contribution in [3.63, 3.8) is 0 Å². The van der Waals surface area contributed by atoms with Crippen molar-refractivity contribution in [2.75, 3.05) is 0 Å². The summed E-state index contributed by atoms with van der Waals surface area (Å²) in [6, 6.07) is 0. The molecule has 0 unspecified atom stereocenters. The highest BCUT2D eigenvalue weighted by Gasteiger charge is 2.35. The van der Waals surface area contributed by atoms with E-state index in [0.717, 1.165) is 6.42 Å². The van der Waals surface area contributed by atoms with Gasteiger partial charge in [0, 0.05) is 12.8 Å². The molecule has 1 fully saturated rings. The molecular formula is C22H34O6. The zero-order chi connectivity index (χ0) is 20.8. The number of hydrogen-bond donors (Lipinski definition) is 4. The van der Waals surface area contributed by atoms with Crippen molar-refractivity contribution in [3.05, 3.63) is 48.6 Å². The molecule has 0 aromatic rings. The molecule has 28 heavy (non-hydrogen) atoms. The van der Waals surface area contributed by atoms with E-state index in [9.17, 15) is 20.1 Å². The second kappa shape index (κ2) is 14.3. The second-order valence-corrected chi connectivity index (χ2v) is 6.92. The molecule has 0 radical (unpaired) electrons. The first-order chi connectivity index (χ1) is 13.4. The Kier molecular flexibility index (Phi) is 12.4. The highest BCUT2D eigenvalue weighted by Crippen LogP contribution is 2.25. The molecule has 1 saturated heterocycles. The van der Waals surface area contributed by atoms with Gasteiger partial charge in [-0.15, -0.1) is 0 Å². The molecule has 1 heterocycles. The summed E-state index contributed by atoms with van der Waals surface area (Å²) >= 11 is 0. The average molecular weight is 395 g/mol. The van der Waals surface area contributed by atoms with Crippen LogP contribution in [0.4, 0.5) is 0 Å². The fourth-order valence-electron chi connectivity index (χ4n) is 2.84. The number of aliphatic hydroxyl groups excluding tert-OH is 3. The van der Waals surface area contributed by atoms with Gasteiger partial charge >= 0.3 is 5.97 Å². The summed E-state index contributed by atoms with van der Waals surface area (Å²) in [5.74, 6) is -0.807. The van der Waals surface area contributed by atoms with Crippen LogP contribution in [0.1, 0.15) is 51.9 Å². The highest BCUT2D eigenvalue weighted by molar-refractivity contribution is 5.66. The molecular weight excluding hydrogens is 360 g/mol. The summed E-state index contributed by atoms with van der Waals surface area (Å²) in [7, 11) is 0. The van der Waals surface area contributed by atoms with Gasteiger partial charge in [0.15, 0.2) is 0 Å². The van der Waals surface area contributed by atoms with E-state index in [1.54, 1.807) is 12.2 Å². The molecule has 1 aliphatic heterocycles. The van der Waals surface area contributed by atoms with Gasteiger partial charge in [0.05, 0.1) is 24.4 Å². The minimum absolute atomic E-state index is 0.127. The average Bonchev–Trinajstić information content (AvgIpc) is 3.03. The number of carboxylic acids is 1. The molecule has 0 spiro atoms. The first-order valence-corrected chi connectivity index (χ1v) is 9.98. The second-order valence-electron chi connectivity index (χ2n) is 6.92. The lowest BCUT2D eigenvalue weighted by molar-refractivity contribution is -0.136. The predicted octanol–water partition coefficient (Wildman–Crippen LogP) is 2.90. The van der Waals surface area contributed by atoms with Crippen molar-refractivity contribution in [2.45, 2.75) is 82.4 Å². The van der Waals surface area contributed by atoms with Gasteiger partial charge in [0.1, 0.15) is 6.10 Å². The third-order valence-electron chi connectivity index (χ3n) is 4.42. The van der Waals surface area contributed by atoms with Crippen LogP contribution in [0, 0.1) is 0 Å². The minimum Gasteiger partial charge on any atom is -0.481 e. The zero-order valence-corrected chi connectivity index (χ0v) is 16.6. The normalized spacial score (nSPS) is 25.5. The van der Waals surface area contributed by atoms with Crippen LogP contribution in [0.2, 0.25) is 0 Å². The summed E-state index contributed by atoms with van der Waals surface area (Å²) in [5.41, 5.74) is 0. The predicted molar refractivity (Wildman–Crippen MR) is 109 cm³/mol. The number of rotatable bonds is 13. The van der Waals surface area contributed by atoms with Gasteiger partial charge < -0.3 is 25.2 Å². The first-order valence-electron chi connectivity index (χ1n) is 9.98. The maximum absolute atomic E-state index is 10.4. The van der Waals surface area contributed by atoms with Crippen LogP contribution in [-0.4, -0.2) is 56.9 Å². The standard InChI is InChI=1S/C22H34O6/c1-2-3-8-11-17(23)14-15-20-19(25)16-21(28-20)18(24)12-9-6-4-5-7-10-13-22(26)27/h3,5-9,14-15,17-21,23-25H,2,4,10-13,16H2,1H3,(H,26,27)/b7-5-,8-3-,9-6-,15-14+/t17-,18-,19-,20-,21-/m1/s1. The summed E-state index contributed by atoms with van der Waals surface area (Å²) in [4.78, 5) is 10.4. The molecule has 158 valence electrons. The van der Waals surface area contributed by atoms with Gasteiger partial charge in [-0.2, -0.15) is 0 Å². The van der Waals surface area contributed by atoms with E-state index in [1.165, 1.54) is 0 Å². The number of ether oxygens (including phenoxy) is 1. The minimum atomic E-state index is -0.807. The molecule has 1 rings (SSSR count). The number of aliphatic hydroxyl groups is 3. The van der Waals surface area contributed by atoms with Crippen LogP contribution in [0.5, 0.6) is 0 Å². The Morgan fingerprint density at radius 3 is 2.54 bits per heavy atom. The highest BCUT2D eigenvalue weighted by atomic mass is 16.5. The monoisotopic (exact) mass is 394 g/mol. The lowest BCUT2D eigenvalue weighted by atomic mass is 10.0. The van der Waals surface area contributed by atoms with Crippen LogP contribution in [0.3, 0.4) is 0 Å². The Hall–Kier alpha value is -1.73. The SMILES string of the molecule is CC/C=C\C[C@@H](O)/C=C/[C@H]1O[C@@H]([C@H](O)C/C=C\C/C=C\CCC(=O)O)C[C@H]1O. The molecule has 4 N–H and O–H groups in total. The molecule has 0 bridgehead atoms. The maximum Gasteiger partial charge on any atom is 0.303 e. The van der Waals surface area contributed by atoms with Crippen molar-refractivity contribution in [1.82, 2.24) is 0 Å². The molecule has 6 heteroatoms. The largest absolute Gasteiger partial charge is 0.481 e. The lowest BCUT2D eigenvalue weighted by Crippen LogP contribution is -2.25. The smallest absolute Gasteiger partial charge is 0.303 e. The van der Waals surface area contributed by atoms with E-state index < -0.39 is 36.5 Å². The van der Waals surface area contributed by atoms with Gasteiger partial charge in [-0.1, -0.05) is 55.5 Å². The van der Waals surface area contributed by atoms with Crippen molar-refractivity contribution < 1.29 is 30.0 Å². The van der Waals surface area contributed by atoms with Crippen molar-refractivity contribution in [2.24, 2.45) is 0 Å². The van der Waals surface area contributed by atoms with E-state index in [2.05, 4.69) is 0 Å². The van der Waals surface area contributed by atoms with Gasteiger partial charge in [-0.05, 0) is 32.1 Å². The van der Waals surface area contributed by atoms with E-state index in [-0.39, 0.29) is 6.42 Å². The van der Waals surface area contributed by atoms with Crippen LogP contribution >= 0.6 is 0 Å². The summed E-state index contributed by atoms with van der Waals surface area (Å²) in [6.07, 6.45) is 15.2. The van der Waals surface area contributed by atoms with Crippen LogP contribution in [-0.2, 0) is 9.53 Å². The molecule has 0 amide bonds. The van der Waals surface area contributed by atoms with E-state index >= 15 is 0 Å². The summed E-state index contributed by atoms with van der Waals surface area (Å²) < 4.78 is 5.72.